The van der Waals surface area contributed by atoms with Crippen molar-refractivity contribution in [1.29, 1.82) is 0 Å². The molecule has 0 radical (unpaired) electrons. The van der Waals surface area contributed by atoms with E-state index in [2.05, 4.69) is 68.4 Å². The second-order valence-electron chi connectivity index (χ2n) is 8.34. The Balaban J connectivity index is 1.72. The summed E-state index contributed by atoms with van der Waals surface area (Å²) >= 11 is 0. The highest BCUT2D eigenvalue weighted by Gasteiger charge is 2.50. The average molecular weight is 380 g/mol. The van der Waals surface area contributed by atoms with Crippen LogP contribution in [0.4, 0.5) is 0 Å². The number of nitrogens with zero attached hydrogens (tertiary/aromatic N) is 2. The van der Waals surface area contributed by atoms with Crippen molar-refractivity contribution in [2.45, 2.75) is 37.3 Å². The van der Waals surface area contributed by atoms with Crippen molar-refractivity contribution in [2.75, 3.05) is 27.7 Å². The van der Waals surface area contributed by atoms with E-state index in [1.165, 1.54) is 11.1 Å². The molecular formula is C24H33N3O. The number of carbonyl (C=O) groups is 1. The Hall–Kier alpha value is -2.17. The molecule has 0 aromatic heterocycles. The van der Waals surface area contributed by atoms with Gasteiger partial charge in [0.25, 0.3) is 0 Å². The summed E-state index contributed by atoms with van der Waals surface area (Å²) in [5.41, 5.74) is 8.54. The molecule has 4 nitrogen and oxygen atoms in total. The van der Waals surface area contributed by atoms with Gasteiger partial charge in [-0.15, -0.1) is 0 Å². The van der Waals surface area contributed by atoms with E-state index >= 15 is 0 Å². The third-order valence-corrected chi connectivity index (χ3v) is 6.71. The van der Waals surface area contributed by atoms with Gasteiger partial charge in [0.2, 0.25) is 5.91 Å². The van der Waals surface area contributed by atoms with Gasteiger partial charge in [-0.05, 0) is 44.0 Å². The van der Waals surface area contributed by atoms with Gasteiger partial charge in [0.05, 0.1) is 5.92 Å². The summed E-state index contributed by atoms with van der Waals surface area (Å²) in [6, 6.07) is 21.1. The molecule has 0 saturated heterocycles. The van der Waals surface area contributed by atoms with Crippen LogP contribution in [0.2, 0.25) is 0 Å². The van der Waals surface area contributed by atoms with Crippen molar-refractivity contribution in [1.82, 2.24) is 9.80 Å². The first-order valence-electron chi connectivity index (χ1n) is 10.2. The fourth-order valence-corrected chi connectivity index (χ4v) is 4.55. The van der Waals surface area contributed by atoms with Gasteiger partial charge < -0.3 is 10.6 Å². The maximum atomic E-state index is 13.3. The first-order chi connectivity index (χ1) is 13.4. The monoisotopic (exact) mass is 379 g/mol. The van der Waals surface area contributed by atoms with E-state index < -0.39 is 0 Å². The molecule has 1 aliphatic carbocycles. The van der Waals surface area contributed by atoms with E-state index in [0.717, 1.165) is 12.8 Å². The van der Waals surface area contributed by atoms with Crippen LogP contribution < -0.4 is 5.73 Å². The molecule has 1 aliphatic rings. The first-order valence-corrected chi connectivity index (χ1v) is 10.2. The molecule has 28 heavy (non-hydrogen) atoms. The van der Waals surface area contributed by atoms with Crippen molar-refractivity contribution in [3.8, 4) is 0 Å². The highest BCUT2D eigenvalue weighted by atomic mass is 16.2. The Labute approximate surface area is 169 Å². The molecule has 1 fully saturated rings. The van der Waals surface area contributed by atoms with Crippen LogP contribution in [0.3, 0.4) is 0 Å². The third-order valence-electron chi connectivity index (χ3n) is 6.71. The van der Waals surface area contributed by atoms with Gasteiger partial charge in [0.15, 0.2) is 0 Å². The predicted octanol–water partition coefficient (Wildman–Crippen LogP) is 3.44. The standard InChI is InChI=1S/C24H33N3O/c1-18(19-11-7-5-8-12-19)22(17-25)23(28)27(4)21-15-24(16-21,26(2)3)20-13-9-6-10-14-20/h5-14,18,21-22H,15-17,25H2,1-4H3/t18-,21?,22+,24?/m0/s1. The molecule has 2 aromatic rings. The molecule has 2 aromatic carbocycles. The van der Waals surface area contributed by atoms with Gasteiger partial charge in [-0.3, -0.25) is 9.69 Å². The van der Waals surface area contributed by atoms with Gasteiger partial charge in [-0.25, -0.2) is 0 Å². The lowest BCUT2D eigenvalue weighted by atomic mass is 9.66. The zero-order valence-corrected chi connectivity index (χ0v) is 17.5. The van der Waals surface area contributed by atoms with E-state index in [4.69, 9.17) is 5.73 Å². The number of rotatable bonds is 7. The molecule has 1 saturated carbocycles. The molecule has 0 heterocycles. The van der Waals surface area contributed by atoms with Crippen molar-refractivity contribution in [3.63, 3.8) is 0 Å². The summed E-state index contributed by atoms with van der Waals surface area (Å²) < 4.78 is 0. The molecule has 0 unspecified atom stereocenters. The number of hydrogen-bond acceptors (Lipinski definition) is 3. The molecule has 2 N–H and O–H groups in total. The predicted molar refractivity (Wildman–Crippen MR) is 115 cm³/mol. The molecule has 0 aliphatic heterocycles. The molecule has 3 rings (SSSR count). The molecular weight excluding hydrogens is 346 g/mol. The molecule has 150 valence electrons. The number of nitrogens with two attached hydrogens (primary N) is 1. The minimum absolute atomic E-state index is 0.00369. The molecule has 4 heteroatoms. The number of amides is 1. The van der Waals surface area contributed by atoms with Crippen LogP contribution in [0.15, 0.2) is 60.7 Å². The zero-order chi connectivity index (χ0) is 20.3. The summed E-state index contributed by atoms with van der Waals surface area (Å²) in [5, 5.41) is 0. The van der Waals surface area contributed by atoms with E-state index in [1.807, 2.05) is 30.1 Å². The van der Waals surface area contributed by atoms with Gasteiger partial charge in [-0.2, -0.15) is 0 Å². The highest BCUT2D eigenvalue weighted by molar-refractivity contribution is 5.80. The lowest BCUT2D eigenvalue weighted by Crippen LogP contribution is -2.60. The van der Waals surface area contributed by atoms with Crippen LogP contribution in [-0.4, -0.2) is 49.4 Å². The zero-order valence-electron chi connectivity index (χ0n) is 17.5. The smallest absolute Gasteiger partial charge is 0.227 e. The SMILES string of the molecule is C[C@@H](c1ccccc1)[C@@H](CN)C(=O)N(C)C1CC(c2ccccc2)(N(C)C)C1. The van der Waals surface area contributed by atoms with Crippen molar-refractivity contribution in [3.05, 3.63) is 71.8 Å². The fourth-order valence-electron chi connectivity index (χ4n) is 4.55. The Bertz CT molecular complexity index is 769. The lowest BCUT2D eigenvalue weighted by molar-refractivity contribution is -0.142. The number of hydrogen-bond donors (Lipinski definition) is 1. The van der Waals surface area contributed by atoms with Crippen LogP contribution >= 0.6 is 0 Å². The van der Waals surface area contributed by atoms with E-state index in [9.17, 15) is 4.79 Å². The van der Waals surface area contributed by atoms with E-state index in [0.29, 0.717) is 6.54 Å². The lowest BCUT2D eigenvalue weighted by Gasteiger charge is -2.55. The van der Waals surface area contributed by atoms with Gasteiger partial charge in [0.1, 0.15) is 0 Å². The summed E-state index contributed by atoms with van der Waals surface area (Å²) in [7, 11) is 6.20. The Morgan fingerprint density at radius 3 is 2.07 bits per heavy atom. The van der Waals surface area contributed by atoms with Crippen LogP contribution in [-0.2, 0) is 10.3 Å². The minimum atomic E-state index is -0.196. The topological polar surface area (TPSA) is 49.6 Å². The van der Waals surface area contributed by atoms with Crippen molar-refractivity contribution in [2.24, 2.45) is 11.7 Å². The maximum absolute atomic E-state index is 13.3. The summed E-state index contributed by atoms with van der Waals surface area (Å²) in [4.78, 5) is 17.5. The highest BCUT2D eigenvalue weighted by Crippen LogP contribution is 2.47. The summed E-state index contributed by atoms with van der Waals surface area (Å²) in [6.07, 6.45) is 1.90. The van der Waals surface area contributed by atoms with Gasteiger partial charge in [-0.1, -0.05) is 67.6 Å². The minimum Gasteiger partial charge on any atom is -0.342 e. The Kier molecular flexibility index (Phi) is 6.21. The Morgan fingerprint density at radius 2 is 1.57 bits per heavy atom. The largest absolute Gasteiger partial charge is 0.342 e. The first kappa shape index (κ1) is 20.6. The van der Waals surface area contributed by atoms with Crippen LogP contribution in [0, 0.1) is 5.92 Å². The summed E-state index contributed by atoms with van der Waals surface area (Å²) in [6.45, 7) is 2.47. The van der Waals surface area contributed by atoms with E-state index in [-0.39, 0.29) is 29.3 Å². The summed E-state index contributed by atoms with van der Waals surface area (Å²) in [5.74, 6) is 0.0664. The Morgan fingerprint density at radius 1 is 1.04 bits per heavy atom. The van der Waals surface area contributed by atoms with Crippen LogP contribution in [0.5, 0.6) is 0 Å². The van der Waals surface area contributed by atoms with Crippen molar-refractivity contribution < 1.29 is 4.79 Å². The quantitative estimate of drug-likeness (QED) is 0.802. The fraction of sp³-hybridized carbons (Fsp3) is 0.458. The average Bonchev–Trinajstić information content (AvgIpc) is 2.68. The molecule has 2 atom stereocenters. The van der Waals surface area contributed by atoms with Gasteiger partial charge >= 0.3 is 0 Å². The third kappa shape index (κ3) is 3.71. The number of carbonyl (C=O) groups excluding carboxylic acids is 1. The van der Waals surface area contributed by atoms with Crippen LogP contribution in [0.1, 0.15) is 36.8 Å². The van der Waals surface area contributed by atoms with Crippen molar-refractivity contribution >= 4 is 5.91 Å². The normalized spacial score (nSPS) is 23.7. The second-order valence-corrected chi connectivity index (χ2v) is 8.34. The second kappa shape index (κ2) is 8.46. The van der Waals surface area contributed by atoms with Gasteiger partial charge in [0, 0.05) is 25.2 Å². The molecule has 1 amide bonds. The maximum Gasteiger partial charge on any atom is 0.227 e. The number of benzene rings is 2. The molecule has 0 spiro atoms. The van der Waals surface area contributed by atoms with E-state index in [1.54, 1.807) is 0 Å². The molecule has 0 bridgehead atoms. The van der Waals surface area contributed by atoms with Crippen LogP contribution in [0.25, 0.3) is 0 Å².